The van der Waals surface area contributed by atoms with Crippen molar-refractivity contribution in [3.63, 3.8) is 0 Å². The number of carbonyl (C=O) groups excluding carboxylic acids is 1. The van der Waals surface area contributed by atoms with Gasteiger partial charge in [-0.15, -0.1) is 0 Å². The number of hydrogen-bond acceptors (Lipinski definition) is 2. The molecule has 1 amide bonds. The van der Waals surface area contributed by atoms with Gasteiger partial charge in [0.25, 0.3) is 0 Å². The monoisotopic (exact) mass is 239 g/mol. The van der Waals surface area contributed by atoms with E-state index in [9.17, 15) is 9.90 Å². The van der Waals surface area contributed by atoms with Gasteiger partial charge in [0.1, 0.15) is 0 Å². The molecule has 0 aromatic carbocycles. The fourth-order valence-electron chi connectivity index (χ4n) is 3.53. The summed E-state index contributed by atoms with van der Waals surface area (Å²) in [5.41, 5.74) is 0. The number of rotatable bonds is 6. The van der Waals surface area contributed by atoms with Crippen LogP contribution < -0.4 is 5.32 Å². The molecular formula is C14H25NO2. The van der Waals surface area contributed by atoms with Crippen molar-refractivity contribution in [1.29, 1.82) is 0 Å². The summed E-state index contributed by atoms with van der Waals surface area (Å²) >= 11 is 0. The van der Waals surface area contributed by atoms with Crippen LogP contribution in [0.5, 0.6) is 0 Å². The third-order valence-corrected chi connectivity index (χ3v) is 4.79. The standard InChI is InChI=1S/C14H25NO2/c1-3-9(4-2)12(16)8-15-14(17)13-10-6-5-7-11(10)13/h9-13,16H,3-8H2,1-2H3,(H,15,17). The van der Waals surface area contributed by atoms with Crippen LogP contribution in [-0.4, -0.2) is 23.7 Å². The van der Waals surface area contributed by atoms with Gasteiger partial charge in [-0.05, 0) is 30.6 Å². The average molecular weight is 239 g/mol. The number of aliphatic hydroxyl groups excluding tert-OH is 1. The lowest BCUT2D eigenvalue weighted by molar-refractivity contribution is -0.123. The molecule has 2 aliphatic carbocycles. The molecule has 0 saturated heterocycles. The summed E-state index contributed by atoms with van der Waals surface area (Å²) in [7, 11) is 0. The molecule has 3 heteroatoms. The summed E-state index contributed by atoms with van der Waals surface area (Å²) in [6, 6.07) is 0. The van der Waals surface area contributed by atoms with Gasteiger partial charge in [0, 0.05) is 12.5 Å². The molecule has 3 nitrogen and oxygen atoms in total. The van der Waals surface area contributed by atoms with E-state index in [1.54, 1.807) is 0 Å². The SMILES string of the molecule is CCC(CC)C(O)CNC(=O)C1C2CCCC21. The van der Waals surface area contributed by atoms with Crippen LogP contribution in [0.15, 0.2) is 0 Å². The second-order valence-corrected chi connectivity index (χ2v) is 5.67. The average Bonchev–Trinajstić information content (AvgIpc) is 2.81. The quantitative estimate of drug-likeness (QED) is 0.744. The van der Waals surface area contributed by atoms with Gasteiger partial charge in [-0.2, -0.15) is 0 Å². The predicted octanol–water partition coefficient (Wildman–Crippen LogP) is 1.95. The van der Waals surface area contributed by atoms with Gasteiger partial charge in [0.2, 0.25) is 5.91 Å². The van der Waals surface area contributed by atoms with E-state index in [0.717, 1.165) is 12.8 Å². The maximum atomic E-state index is 11.9. The van der Waals surface area contributed by atoms with Crippen LogP contribution in [0.1, 0.15) is 46.0 Å². The highest BCUT2D eigenvalue weighted by atomic mass is 16.3. The van der Waals surface area contributed by atoms with E-state index < -0.39 is 0 Å². The normalized spacial score (nSPS) is 32.4. The van der Waals surface area contributed by atoms with E-state index in [1.165, 1.54) is 19.3 Å². The Bertz CT molecular complexity index is 265. The number of amides is 1. The highest BCUT2D eigenvalue weighted by molar-refractivity contribution is 5.82. The summed E-state index contributed by atoms with van der Waals surface area (Å²) < 4.78 is 0. The highest BCUT2D eigenvalue weighted by Crippen LogP contribution is 2.57. The van der Waals surface area contributed by atoms with Gasteiger partial charge >= 0.3 is 0 Å². The van der Waals surface area contributed by atoms with Crippen LogP contribution >= 0.6 is 0 Å². The van der Waals surface area contributed by atoms with Crippen LogP contribution in [-0.2, 0) is 4.79 Å². The Kier molecular flexibility index (Phi) is 4.08. The molecule has 3 unspecified atom stereocenters. The first-order valence-electron chi connectivity index (χ1n) is 7.14. The Labute approximate surface area is 104 Å². The molecule has 3 atom stereocenters. The van der Waals surface area contributed by atoms with Gasteiger partial charge in [-0.3, -0.25) is 4.79 Å². The topological polar surface area (TPSA) is 49.3 Å². The third kappa shape index (κ3) is 2.65. The van der Waals surface area contributed by atoms with E-state index >= 15 is 0 Å². The van der Waals surface area contributed by atoms with Crippen molar-refractivity contribution >= 4 is 5.91 Å². The smallest absolute Gasteiger partial charge is 0.223 e. The molecule has 0 aromatic heterocycles. The number of hydrogen-bond donors (Lipinski definition) is 2. The molecular weight excluding hydrogens is 214 g/mol. The fraction of sp³-hybridized carbons (Fsp3) is 0.929. The second-order valence-electron chi connectivity index (χ2n) is 5.67. The molecule has 2 saturated carbocycles. The van der Waals surface area contributed by atoms with Crippen molar-refractivity contribution < 1.29 is 9.90 Å². The molecule has 98 valence electrons. The zero-order chi connectivity index (χ0) is 12.4. The minimum Gasteiger partial charge on any atom is -0.391 e. The molecule has 0 aliphatic heterocycles. The number of aliphatic hydroxyl groups is 1. The molecule has 0 bridgehead atoms. The molecule has 2 N–H and O–H groups in total. The summed E-state index contributed by atoms with van der Waals surface area (Å²) in [4.78, 5) is 11.9. The molecule has 2 fully saturated rings. The van der Waals surface area contributed by atoms with E-state index in [1.807, 2.05) is 0 Å². The van der Waals surface area contributed by atoms with Crippen molar-refractivity contribution in [2.75, 3.05) is 6.54 Å². The van der Waals surface area contributed by atoms with Gasteiger partial charge in [0.15, 0.2) is 0 Å². The fourth-order valence-corrected chi connectivity index (χ4v) is 3.53. The highest BCUT2D eigenvalue weighted by Gasteiger charge is 2.56. The zero-order valence-corrected chi connectivity index (χ0v) is 11.0. The van der Waals surface area contributed by atoms with Gasteiger partial charge in [-0.25, -0.2) is 0 Å². The maximum Gasteiger partial charge on any atom is 0.223 e. The lowest BCUT2D eigenvalue weighted by Gasteiger charge is -2.20. The zero-order valence-electron chi connectivity index (χ0n) is 11.0. The van der Waals surface area contributed by atoms with Crippen LogP contribution in [0.25, 0.3) is 0 Å². The molecule has 0 spiro atoms. The maximum absolute atomic E-state index is 11.9. The first-order valence-corrected chi connectivity index (χ1v) is 7.14. The summed E-state index contributed by atoms with van der Waals surface area (Å²) in [5, 5.41) is 12.9. The second kappa shape index (κ2) is 5.38. The van der Waals surface area contributed by atoms with Crippen molar-refractivity contribution in [2.24, 2.45) is 23.7 Å². The minimum atomic E-state index is -0.382. The lowest BCUT2D eigenvalue weighted by Crippen LogP contribution is -2.37. The Morgan fingerprint density at radius 3 is 2.41 bits per heavy atom. The third-order valence-electron chi connectivity index (χ3n) is 4.79. The Morgan fingerprint density at radius 1 is 1.29 bits per heavy atom. The Balaban J connectivity index is 1.70. The molecule has 17 heavy (non-hydrogen) atoms. The first-order chi connectivity index (χ1) is 8.19. The Morgan fingerprint density at radius 2 is 1.88 bits per heavy atom. The van der Waals surface area contributed by atoms with Crippen LogP contribution in [0, 0.1) is 23.7 Å². The van der Waals surface area contributed by atoms with Crippen LogP contribution in [0.3, 0.4) is 0 Å². The molecule has 2 rings (SSSR count). The van der Waals surface area contributed by atoms with Gasteiger partial charge in [0.05, 0.1) is 6.10 Å². The van der Waals surface area contributed by atoms with E-state index in [0.29, 0.717) is 24.3 Å². The Hall–Kier alpha value is -0.570. The summed E-state index contributed by atoms with van der Waals surface area (Å²) in [6.45, 7) is 4.61. The summed E-state index contributed by atoms with van der Waals surface area (Å²) in [6.07, 6.45) is 5.34. The number of nitrogens with one attached hydrogen (secondary N) is 1. The molecule has 0 aromatic rings. The van der Waals surface area contributed by atoms with Crippen LogP contribution in [0.4, 0.5) is 0 Å². The number of carbonyl (C=O) groups is 1. The lowest BCUT2D eigenvalue weighted by atomic mass is 9.96. The largest absolute Gasteiger partial charge is 0.391 e. The van der Waals surface area contributed by atoms with Crippen molar-refractivity contribution in [3.05, 3.63) is 0 Å². The van der Waals surface area contributed by atoms with Gasteiger partial charge < -0.3 is 10.4 Å². The van der Waals surface area contributed by atoms with E-state index in [4.69, 9.17) is 0 Å². The van der Waals surface area contributed by atoms with Crippen molar-refractivity contribution in [3.8, 4) is 0 Å². The number of fused-ring (bicyclic) bond motifs is 1. The van der Waals surface area contributed by atoms with Crippen molar-refractivity contribution in [2.45, 2.75) is 52.1 Å². The molecule has 0 radical (unpaired) electrons. The molecule has 2 aliphatic rings. The predicted molar refractivity (Wildman–Crippen MR) is 67.4 cm³/mol. The van der Waals surface area contributed by atoms with E-state index in [-0.39, 0.29) is 17.9 Å². The molecule has 0 heterocycles. The van der Waals surface area contributed by atoms with Gasteiger partial charge in [-0.1, -0.05) is 33.1 Å². The van der Waals surface area contributed by atoms with E-state index in [2.05, 4.69) is 19.2 Å². The summed E-state index contributed by atoms with van der Waals surface area (Å²) in [5.74, 6) is 2.11. The minimum absolute atomic E-state index is 0.185. The van der Waals surface area contributed by atoms with Crippen LogP contribution in [0.2, 0.25) is 0 Å². The van der Waals surface area contributed by atoms with Crippen molar-refractivity contribution in [1.82, 2.24) is 5.32 Å². The first kappa shape index (κ1) is 12.9.